The predicted molar refractivity (Wildman–Crippen MR) is 125 cm³/mol. The van der Waals surface area contributed by atoms with Crippen LogP contribution in [0.5, 0.6) is 5.75 Å². The quantitative estimate of drug-likeness (QED) is 0.554. The van der Waals surface area contributed by atoms with Crippen molar-refractivity contribution >= 4 is 5.69 Å². The minimum atomic E-state index is -0.0929. The fraction of sp³-hybridized carbons (Fsp3) is 0.333. The van der Waals surface area contributed by atoms with E-state index in [2.05, 4.69) is 73.3 Å². The van der Waals surface area contributed by atoms with Crippen molar-refractivity contribution in [2.45, 2.75) is 51.8 Å². The van der Waals surface area contributed by atoms with Gasteiger partial charge in [-0.1, -0.05) is 74.5 Å². The summed E-state index contributed by atoms with van der Waals surface area (Å²) in [4.78, 5) is 2.49. The van der Waals surface area contributed by atoms with Crippen LogP contribution in [0.4, 0.5) is 5.69 Å². The van der Waals surface area contributed by atoms with E-state index >= 15 is 0 Å². The zero-order valence-corrected chi connectivity index (χ0v) is 18.3. The lowest BCUT2D eigenvalue weighted by molar-refractivity contribution is 0.300. The summed E-state index contributed by atoms with van der Waals surface area (Å²) in [6.45, 7) is 9.20. The summed E-state index contributed by atoms with van der Waals surface area (Å²) in [5.74, 6) is 0.905. The predicted octanol–water partition coefficient (Wildman–Crippen LogP) is 5.97. The Morgan fingerprint density at radius 1 is 0.967 bits per heavy atom. The summed E-state index contributed by atoms with van der Waals surface area (Å²) < 4.78 is 6.30. The molecule has 0 aliphatic carbocycles. The number of hydrogen-bond donors (Lipinski definition) is 1. The van der Waals surface area contributed by atoms with Gasteiger partial charge in [0, 0.05) is 30.4 Å². The van der Waals surface area contributed by atoms with Crippen molar-refractivity contribution in [3.05, 3.63) is 95.1 Å². The standard InChI is InChI=1S/C27H32N2O/c1-20(28)23-16-25-24(17-26(23)30-19-22-12-8-5-9-13-22)27(2,3)14-15-29(25)18-21-10-6-4-7-11-21/h4-13,16-17,20H,14-15,18-19,28H2,1-3H3. The maximum Gasteiger partial charge on any atom is 0.125 e. The molecule has 4 rings (SSSR count). The van der Waals surface area contributed by atoms with E-state index in [9.17, 15) is 0 Å². The average Bonchev–Trinajstić information content (AvgIpc) is 2.75. The first-order valence-corrected chi connectivity index (χ1v) is 10.8. The molecule has 0 fully saturated rings. The van der Waals surface area contributed by atoms with Gasteiger partial charge in [-0.15, -0.1) is 0 Å². The van der Waals surface area contributed by atoms with Gasteiger partial charge in [0.25, 0.3) is 0 Å². The molecule has 30 heavy (non-hydrogen) atoms. The highest BCUT2D eigenvalue weighted by atomic mass is 16.5. The largest absolute Gasteiger partial charge is 0.489 e. The molecule has 1 aliphatic rings. The van der Waals surface area contributed by atoms with Gasteiger partial charge in [-0.2, -0.15) is 0 Å². The molecule has 0 spiro atoms. The highest BCUT2D eigenvalue weighted by Gasteiger charge is 2.33. The van der Waals surface area contributed by atoms with Crippen LogP contribution in [0.2, 0.25) is 0 Å². The number of hydrogen-bond acceptors (Lipinski definition) is 3. The molecule has 1 aliphatic heterocycles. The van der Waals surface area contributed by atoms with Gasteiger partial charge in [-0.05, 0) is 47.6 Å². The SMILES string of the molecule is CC(N)c1cc2c(cc1OCc1ccccc1)C(C)(C)CCN2Cc1ccccc1. The van der Waals surface area contributed by atoms with Crippen molar-refractivity contribution in [2.24, 2.45) is 5.73 Å². The average molecular weight is 401 g/mol. The zero-order valence-electron chi connectivity index (χ0n) is 18.3. The van der Waals surface area contributed by atoms with Gasteiger partial charge in [0.05, 0.1) is 0 Å². The van der Waals surface area contributed by atoms with E-state index in [0.717, 1.165) is 36.4 Å². The first kappa shape index (κ1) is 20.5. The molecule has 0 saturated heterocycles. The van der Waals surface area contributed by atoms with E-state index < -0.39 is 0 Å². The van der Waals surface area contributed by atoms with E-state index in [1.54, 1.807) is 0 Å². The van der Waals surface area contributed by atoms with Crippen molar-refractivity contribution in [1.29, 1.82) is 0 Å². The lowest BCUT2D eigenvalue weighted by atomic mass is 9.76. The van der Waals surface area contributed by atoms with Crippen LogP contribution in [0, 0.1) is 0 Å². The van der Waals surface area contributed by atoms with Crippen LogP contribution in [-0.2, 0) is 18.6 Å². The van der Waals surface area contributed by atoms with Crippen molar-refractivity contribution in [2.75, 3.05) is 11.4 Å². The van der Waals surface area contributed by atoms with Crippen LogP contribution in [-0.4, -0.2) is 6.54 Å². The highest BCUT2D eigenvalue weighted by Crippen LogP contribution is 2.44. The van der Waals surface area contributed by atoms with E-state index in [4.69, 9.17) is 10.5 Å². The maximum atomic E-state index is 6.38. The Morgan fingerprint density at radius 2 is 1.60 bits per heavy atom. The Balaban J connectivity index is 1.70. The first-order chi connectivity index (χ1) is 14.4. The molecule has 2 N–H and O–H groups in total. The van der Waals surface area contributed by atoms with Crippen LogP contribution in [0.3, 0.4) is 0 Å². The summed E-state index contributed by atoms with van der Waals surface area (Å²) >= 11 is 0. The zero-order chi connectivity index (χ0) is 21.1. The number of rotatable bonds is 6. The Morgan fingerprint density at radius 3 is 2.23 bits per heavy atom. The van der Waals surface area contributed by atoms with Gasteiger partial charge in [-0.3, -0.25) is 0 Å². The van der Waals surface area contributed by atoms with Gasteiger partial charge in [0.2, 0.25) is 0 Å². The topological polar surface area (TPSA) is 38.5 Å². The fourth-order valence-electron chi connectivity index (χ4n) is 4.24. The smallest absolute Gasteiger partial charge is 0.125 e. The van der Waals surface area contributed by atoms with E-state index in [-0.39, 0.29) is 11.5 Å². The van der Waals surface area contributed by atoms with Crippen LogP contribution < -0.4 is 15.4 Å². The Labute approximate surface area is 180 Å². The minimum absolute atomic E-state index is 0.0929. The summed E-state index contributed by atoms with van der Waals surface area (Å²) in [6, 6.07) is 25.4. The molecule has 0 bridgehead atoms. The Bertz CT molecular complexity index is 981. The summed E-state index contributed by atoms with van der Waals surface area (Å²) in [5, 5.41) is 0. The molecule has 1 unspecified atom stereocenters. The molecule has 0 radical (unpaired) electrons. The number of ether oxygens (including phenoxy) is 1. The number of benzene rings is 3. The molecule has 1 heterocycles. The Kier molecular flexibility index (Phi) is 5.83. The molecule has 3 aromatic rings. The molecule has 3 aromatic carbocycles. The third-order valence-electron chi connectivity index (χ3n) is 6.15. The normalized spacial score (nSPS) is 16.1. The van der Waals surface area contributed by atoms with E-state index in [0.29, 0.717) is 6.61 Å². The second-order valence-corrected chi connectivity index (χ2v) is 9.01. The minimum Gasteiger partial charge on any atom is -0.489 e. The van der Waals surface area contributed by atoms with Crippen molar-refractivity contribution in [3.8, 4) is 5.75 Å². The third-order valence-corrected chi connectivity index (χ3v) is 6.15. The summed E-state index contributed by atoms with van der Waals surface area (Å²) in [7, 11) is 0. The van der Waals surface area contributed by atoms with Crippen LogP contribution in [0.15, 0.2) is 72.8 Å². The van der Waals surface area contributed by atoms with Gasteiger partial charge >= 0.3 is 0 Å². The number of anilines is 1. The fourth-order valence-corrected chi connectivity index (χ4v) is 4.24. The van der Waals surface area contributed by atoms with Crippen molar-refractivity contribution in [1.82, 2.24) is 0 Å². The molecule has 3 nitrogen and oxygen atoms in total. The highest BCUT2D eigenvalue weighted by molar-refractivity contribution is 5.64. The first-order valence-electron chi connectivity index (χ1n) is 10.8. The van der Waals surface area contributed by atoms with Crippen molar-refractivity contribution < 1.29 is 4.74 Å². The van der Waals surface area contributed by atoms with Gasteiger partial charge < -0.3 is 15.4 Å². The molecular weight excluding hydrogens is 368 g/mol. The van der Waals surface area contributed by atoms with Crippen LogP contribution in [0.25, 0.3) is 0 Å². The Hall–Kier alpha value is -2.78. The number of nitrogens with two attached hydrogens (primary N) is 1. The van der Waals surface area contributed by atoms with Crippen LogP contribution >= 0.6 is 0 Å². The second kappa shape index (κ2) is 8.53. The van der Waals surface area contributed by atoms with Crippen molar-refractivity contribution in [3.63, 3.8) is 0 Å². The third kappa shape index (κ3) is 4.36. The maximum absolute atomic E-state index is 6.38. The molecule has 0 amide bonds. The second-order valence-electron chi connectivity index (χ2n) is 9.01. The molecule has 0 aromatic heterocycles. The lowest BCUT2D eigenvalue weighted by Crippen LogP contribution is -2.37. The molecular formula is C27H32N2O. The molecule has 3 heteroatoms. The summed E-state index contributed by atoms with van der Waals surface area (Å²) in [6.07, 6.45) is 1.11. The lowest BCUT2D eigenvalue weighted by Gasteiger charge is -2.41. The summed E-state index contributed by atoms with van der Waals surface area (Å²) in [5.41, 5.74) is 12.7. The van der Waals surface area contributed by atoms with Gasteiger partial charge in [0.15, 0.2) is 0 Å². The van der Waals surface area contributed by atoms with Gasteiger partial charge in [-0.25, -0.2) is 0 Å². The number of nitrogens with zero attached hydrogens (tertiary/aromatic N) is 1. The molecule has 1 atom stereocenters. The van der Waals surface area contributed by atoms with Crippen LogP contribution in [0.1, 0.15) is 55.5 Å². The van der Waals surface area contributed by atoms with Gasteiger partial charge in [0.1, 0.15) is 12.4 Å². The monoisotopic (exact) mass is 400 g/mol. The molecule has 0 saturated carbocycles. The number of fused-ring (bicyclic) bond motifs is 1. The molecule has 156 valence electrons. The van der Waals surface area contributed by atoms with E-state index in [1.165, 1.54) is 16.8 Å². The van der Waals surface area contributed by atoms with E-state index in [1.807, 2.05) is 25.1 Å².